The second kappa shape index (κ2) is 6.91. The van der Waals surface area contributed by atoms with Crippen LogP contribution in [-0.4, -0.2) is 22.6 Å². The zero-order valence-corrected chi connectivity index (χ0v) is 13.2. The molecule has 4 heteroatoms. The fourth-order valence-corrected chi connectivity index (χ4v) is 2.73. The molecule has 2 rings (SSSR count). The Morgan fingerprint density at radius 1 is 1.20 bits per heavy atom. The minimum atomic E-state index is 0.302. The van der Waals surface area contributed by atoms with E-state index in [0.29, 0.717) is 12.0 Å². The van der Waals surface area contributed by atoms with Crippen molar-refractivity contribution >= 4 is 5.82 Å². The quantitative estimate of drug-likeness (QED) is 0.887. The predicted octanol–water partition coefficient (Wildman–Crippen LogP) is 3.87. The van der Waals surface area contributed by atoms with Crippen LogP contribution in [0.5, 0.6) is 5.88 Å². The van der Waals surface area contributed by atoms with Crippen molar-refractivity contribution in [3.05, 3.63) is 11.4 Å². The number of anilines is 1. The van der Waals surface area contributed by atoms with Crippen molar-refractivity contribution in [3.63, 3.8) is 0 Å². The van der Waals surface area contributed by atoms with E-state index in [9.17, 15) is 0 Å². The van der Waals surface area contributed by atoms with Crippen LogP contribution in [0.15, 0.2) is 0 Å². The van der Waals surface area contributed by atoms with Crippen LogP contribution in [-0.2, 0) is 0 Å². The molecule has 4 nitrogen and oxygen atoms in total. The summed E-state index contributed by atoms with van der Waals surface area (Å²) in [4.78, 5) is 8.98. The van der Waals surface area contributed by atoms with E-state index in [2.05, 4.69) is 29.1 Å². The van der Waals surface area contributed by atoms with Gasteiger partial charge in [0.1, 0.15) is 17.7 Å². The molecule has 20 heavy (non-hydrogen) atoms. The largest absolute Gasteiger partial charge is 0.474 e. The van der Waals surface area contributed by atoms with Gasteiger partial charge in [0, 0.05) is 6.54 Å². The third-order valence-corrected chi connectivity index (χ3v) is 4.05. The first-order valence-electron chi connectivity index (χ1n) is 7.87. The Morgan fingerprint density at radius 2 is 1.95 bits per heavy atom. The van der Waals surface area contributed by atoms with Gasteiger partial charge in [0.2, 0.25) is 5.88 Å². The molecular formula is C16H27N3O. The van der Waals surface area contributed by atoms with E-state index in [1.807, 2.05) is 13.8 Å². The summed E-state index contributed by atoms with van der Waals surface area (Å²) in [7, 11) is 0. The molecule has 0 bridgehead atoms. The number of hydrogen-bond acceptors (Lipinski definition) is 4. The Bertz CT molecular complexity index is 448. The fraction of sp³-hybridized carbons (Fsp3) is 0.750. The van der Waals surface area contributed by atoms with Crippen molar-refractivity contribution in [1.29, 1.82) is 0 Å². The number of nitrogens with zero attached hydrogens (tertiary/aromatic N) is 2. The zero-order chi connectivity index (χ0) is 14.5. The molecule has 2 atom stereocenters. The van der Waals surface area contributed by atoms with Crippen molar-refractivity contribution < 1.29 is 4.74 Å². The highest BCUT2D eigenvalue weighted by molar-refractivity contribution is 5.48. The lowest BCUT2D eigenvalue weighted by atomic mass is 9.88. The smallest absolute Gasteiger partial charge is 0.222 e. The number of rotatable bonds is 5. The first-order chi connectivity index (χ1) is 9.61. The molecule has 0 aliphatic heterocycles. The van der Waals surface area contributed by atoms with Gasteiger partial charge in [-0.15, -0.1) is 0 Å². The molecule has 112 valence electrons. The topological polar surface area (TPSA) is 47.0 Å². The van der Waals surface area contributed by atoms with Gasteiger partial charge in [-0.1, -0.05) is 20.3 Å². The summed E-state index contributed by atoms with van der Waals surface area (Å²) in [5.74, 6) is 3.06. The van der Waals surface area contributed by atoms with Crippen LogP contribution in [0.2, 0.25) is 0 Å². The second-order valence-corrected chi connectivity index (χ2v) is 5.89. The van der Waals surface area contributed by atoms with Crippen LogP contribution in [0, 0.1) is 19.8 Å². The first kappa shape index (κ1) is 15.1. The second-order valence-electron chi connectivity index (χ2n) is 5.89. The molecule has 0 aromatic carbocycles. The minimum Gasteiger partial charge on any atom is -0.474 e. The van der Waals surface area contributed by atoms with Gasteiger partial charge < -0.3 is 10.1 Å². The van der Waals surface area contributed by atoms with E-state index in [-0.39, 0.29) is 0 Å². The van der Waals surface area contributed by atoms with Crippen molar-refractivity contribution in [3.8, 4) is 5.88 Å². The lowest BCUT2D eigenvalue weighted by molar-refractivity contribution is 0.0965. The summed E-state index contributed by atoms with van der Waals surface area (Å²) in [6.07, 6.45) is 6.37. The molecule has 1 aliphatic carbocycles. The lowest BCUT2D eigenvalue weighted by Crippen LogP contribution is -2.29. The number of hydrogen-bond donors (Lipinski definition) is 1. The van der Waals surface area contributed by atoms with Crippen molar-refractivity contribution in [2.75, 3.05) is 11.9 Å². The first-order valence-corrected chi connectivity index (χ1v) is 7.87. The van der Waals surface area contributed by atoms with Crippen LogP contribution in [0.1, 0.15) is 57.3 Å². The van der Waals surface area contributed by atoms with Gasteiger partial charge in [-0.25, -0.2) is 4.98 Å². The van der Waals surface area contributed by atoms with Crippen molar-refractivity contribution in [1.82, 2.24) is 9.97 Å². The van der Waals surface area contributed by atoms with Crippen LogP contribution in [0.25, 0.3) is 0 Å². The van der Waals surface area contributed by atoms with Gasteiger partial charge >= 0.3 is 0 Å². The van der Waals surface area contributed by atoms with Crippen molar-refractivity contribution in [2.24, 2.45) is 5.92 Å². The molecule has 1 fully saturated rings. The summed E-state index contributed by atoms with van der Waals surface area (Å²) >= 11 is 0. The monoisotopic (exact) mass is 277 g/mol. The van der Waals surface area contributed by atoms with E-state index in [1.165, 1.54) is 19.3 Å². The van der Waals surface area contributed by atoms with E-state index in [0.717, 1.165) is 42.5 Å². The maximum absolute atomic E-state index is 6.21. The molecule has 1 saturated carbocycles. The number of aryl methyl sites for hydroxylation is 1. The molecule has 1 N–H and O–H groups in total. The third kappa shape index (κ3) is 3.62. The third-order valence-electron chi connectivity index (χ3n) is 4.05. The Hall–Kier alpha value is -1.32. The SMILES string of the molecule is CCCNc1nc(C)nc(OC2CCCCC2C)c1C. The van der Waals surface area contributed by atoms with E-state index in [1.54, 1.807) is 0 Å². The number of ether oxygens (including phenoxy) is 1. The summed E-state index contributed by atoms with van der Waals surface area (Å²) in [6.45, 7) is 9.32. The van der Waals surface area contributed by atoms with Gasteiger partial charge in [0.25, 0.3) is 0 Å². The summed E-state index contributed by atoms with van der Waals surface area (Å²) < 4.78 is 6.21. The van der Waals surface area contributed by atoms with Crippen LogP contribution in [0.3, 0.4) is 0 Å². The number of aromatic nitrogens is 2. The van der Waals surface area contributed by atoms with Crippen LogP contribution >= 0.6 is 0 Å². The molecule has 0 amide bonds. The normalized spacial score (nSPS) is 22.6. The van der Waals surface area contributed by atoms with E-state index in [4.69, 9.17) is 4.74 Å². The number of nitrogens with one attached hydrogen (secondary N) is 1. The summed E-state index contributed by atoms with van der Waals surface area (Å²) in [5, 5.41) is 3.36. The van der Waals surface area contributed by atoms with Crippen molar-refractivity contribution in [2.45, 2.75) is 65.9 Å². The average molecular weight is 277 g/mol. The van der Waals surface area contributed by atoms with Gasteiger partial charge in [-0.3, -0.25) is 0 Å². The standard InChI is InChI=1S/C16H27N3O/c1-5-10-17-15-12(3)16(19-13(4)18-15)20-14-9-7-6-8-11(14)2/h11,14H,5-10H2,1-4H3,(H,17,18,19). The Labute approximate surface area is 122 Å². The Kier molecular flexibility index (Phi) is 5.21. The zero-order valence-electron chi connectivity index (χ0n) is 13.2. The molecule has 1 aliphatic rings. The molecule has 1 aromatic heterocycles. The van der Waals surface area contributed by atoms with Gasteiger partial charge in [0.15, 0.2) is 0 Å². The molecule has 0 spiro atoms. The van der Waals surface area contributed by atoms with E-state index < -0.39 is 0 Å². The van der Waals surface area contributed by atoms with Crippen LogP contribution in [0.4, 0.5) is 5.82 Å². The molecule has 0 radical (unpaired) electrons. The highest BCUT2D eigenvalue weighted by Crippen LogP contribution is 2.30. The molecule has 1 aromatic rings. The minimum absolute atomic E-state index is 0.302. The summed E-state index contributed by atoms with van der Waals surface area (Å²) in [5.41, 5.74) is 1.03. The van der Waals surface area contributed by atoms with Gasteiger partial charge in [0.05, 0.1) is 5.56 Å². The maximum atomic E-state index is 6.21. The average Bonchev–Trinajstić information content (AvgIpc) is 2.43. The van der Waals surface area contributed by atoms with Gasteiger partial charge in [-0.05, 0) is 45.4 Å². The molecular weight excluding hydrogens is 250 g/mol. The van der Waals surface area contributed by atoms with Gasteiger partial charge in [-0.2, -0.15) is 4.98 Å². The predicted molar refractivity (Wildman–Crippen MR) is 82.3 cm³/mol. The maximum Gasteiger partial charge on any atom is 0.222 e. The molecule has 2 unspecified atom stereocenters. The Balaban J connectivity index is 2.15. The fourth-order valence-electron chi connectivity index (χ4n) is 2.73. The Morgan fingerprint density at radius 3 is 2.65 bits per heavy atom. The lowest BCUT2D eigenvalue weighted by Gasteiger charge is -2.29. The highest BCUT2D eigenvalue weighted by Gasteiger charge is 2.24. The summed E-state index contributed by atoms with van der Waals surface area (Å²) in [6, 6.07) is 0. The van der Waals surface area contributed by atoms with Crippen LogP contribution < -0.4 is 10.1 Å². The highest BCUT2D eigenvalue weighted by atomic mass is 16.5. The molecule has 1 heterocycles. The molecule has 0 saturated heterocycles. The van der Waals surface area contributed by atoms with E-state index >= 15 is 0 Å².